The van der Waals surface area contributed by atoms with Crippen LogP contribution in [-0.4, -0.2) is 65.8 Å². The quantitative estimate of drug-likeness (QED) is 0.330. The maximum Gasteiger partial charge on any atom is 0.229 e. The molecule has 1 aliphatic carbocycles. The molecular weight excluding hydrogens is 598 g/mol. The van der Waals surface area contributed by atoms with Gasteiger partial charge in [-0.2, -0.15) is 0 Å². The van der Waals surface area contributed by atoms with Gasteiger partial charge in [0.2, 0.25) is 11.8 Å². The topological polar surface area (TPSA) is 43.9 Å². The number of likely N-dealkylation sites (tertiary alicyclic amines) is 3. The summed E-state index contributed by atoms with van der Waals surface area (Å²) < 4.78 is 1.07. The SMILES string of the molecule is Cl.O=C(CC1CCCCC1)N1CC(CN2CCC3(CC2)CCN(Cc2ccc(Br)cc2)C3=O)C(c2ccccc2)C1. The van der Waals surface area contributed by atoms with Crippen LogP contribution in [0, 0.1) is 17.3 Å². The molecule has 0 N–H and O–H groups in total. The van der Waals surface area contributed by atoms with Crippen LogP contribution in [0.4, 0.5) is 0 Å². The highest BCUT2D eigenvalue weighted by Gasteiger charge is 2.48. The average molecular weight is 643 g/mol. The summed E-state index contributed by atoms with van der Waals surface area (Å²) in [5.74, 6) is 2.15. The zero-order valence-electron chi connectivity index (χ0n) is 24.2. The molecule has 6 rings (SSSR count). The van der Waals surface area contributed by atoms with Gasteiger partial charge in [0.15, 0.2) is 0 Å². The number of nitrogens with zero attached hydrogens (tertiary/aromatic N) is 3. The Morgan fingerprint density at radius 1 is 0.878 bits per heavy atom. The third-order valence-corrected chi connectivity index (χ3v) is 10.9. The molecule has 0 radical (unpaired) electrons. The second-order valence-electron chi connectivity index (χ2n) is 13.0. The standard InChI is InChI=1S/C34H44BrN3O2.ClH/c35-30-13-11-27(12-14-30)22-37-20-17-34(33(37)40)15-18-36(19-16-34)23-29-24-38(25-31(29)28-9-5-2-6-10-28)32(39)21-26-7-3-1-4-8-26;/h2,5-6,9-14,26,29,31H,1,3-4,7-8,15-25H2;1H. The third-order valence-electron chi connectivity index (χ3n) is 10.4. The maximum absolute atomic E-state index is 13.6. The number of hydrogen-bond donors (Lipinski definition) is 0. The van der Waals surface area contributed by atoms with Crippen LogP contribution >= 0.6 is 28.3 Å². The molecule has 3 heterocycles. The van der Waals surface area contributed by atoms with E-state index in [9.17, 15) is 9.59 Å². The van der Waals surface area contributed by atoms with Gasteiger partial charge in [-0.05, 0) is 80.3 Å². The maximum atomic E-state index is 13.6. The van der Waals surface area contributed by atoms with Gasteiger partial charge in [0.05, 0.1) is 5.41 Å². The number of carbonyl (C=O) groups excluding carboxylic acids is 2. The van der Waals surface area contributed by atoms with Gasteiger partial charge in [0, 0.05) is 49.5 Å². The van der Waals surface area contributed by atoms with E-state index in [2.05, 4.69) is 85.2 Å². The summed E-state index contributed by atoms with van der Waals surface area (Å²) in [6.45, 7) is 6.26. The fourth-order valence-electron chi connectivity index (χ4n) is 7.92. The molecule has 2 atom stereocenters. The molecule has 2 aromatic carbocycles. The highest BCUT2D eigenvalue weighted by atomic mass is 79.9. The van der Waals surface area contributed by atoms with Gasteiger partial charge < -0.3 is 14.7 Å². The lowest BCUT2D eigenvalue weighted by Crippen LogP contribution is -2.46. The fraction of sp³-hybridized carbons (Fsp3) is 0.588. The minimum absolute atomic E-state index is 0. The van der Waals surface area contributed by atoms with E-state index in [4.69, 9.17) is 0 Å². The van der Waals surface area contributed by atoms with E-state index in [0.29, 0.717) is 36.1 Å². The minimum atomic E-state index is -0.178. The first-order valence-corrected chi connectivity index (χ1v) is 16.4. The van der Waals surface area contributed by atoms with Crippen molar-refractivity contribution in [2.75, 3.05) is 39.3 Å². The van der Waals surface area contributed by atoms with Crippen LogP contribution in [-0.2, 0) is 16.1 Å². The molecule has 0 bridgehead atoms. The molecule has 222 valence electrons. The van der Waals surface area contributed by atoms with E-state index in [-0.39, 0.29) is 17.8 Å². The number of benzene rings is 2. The normalized spacial score (nSPS) is 25.0. The second kappa shape index (κ2) is 13.6. The number of piperidine rings is 1. The van der Waals surface area contributed by atoms with E-state index in [1.807, 2.05) is 0 Å². The molecule has 2 unspecified atom stereocenters. The Morgan fingerprint density at radius 3 is 2.27 bits per heavy atom. The summed E-state index contributed by atoms with van der Waals surface area (Å²) in [5.41, 5.74) is 2.38. The van der Waals surface area contributed by atoms with Crippen molar-refractivity contribution in [3.05, 3.63) is 70.2 Å². The van der Waals surface area contributed by atoms with Gasteiger partial charge in [-0.25, -0.2) is 0 Å². The Labute approximate surface area is 260 Å². The zero-order valence-corrected chi connectivity index (χ0v) is 26.6. The molecule has 4 aliphatic rings. The van der Waals surface area contributed by atoms with E-state index in [1.54, 1.807) is 0 Å². The summed E-state index contributed by atoms with van der Waals surface area (Å²) in [7, 11) is 0. The van der Waals surface area contributed by atoms with Crippen LogP contribution in [0.15, 0.2) is 59.1 Å². The van der Waals surface area contributed by atoms with Gasteiger partial charge in [-0.1, -0.05) is 77.7 Å². The summed E-state index contributed by atoms with van der Waals surface area (Å²) in [6.07, 6.45) is 9.97. The van der Waals surface area contributed by atoms with Crippen molar-refractivity contribution in [3.63, 3.8) is 0 Å². The Kier molecular flexibility index (Phi) is 10.1. The Balaban J connectivity index is 0.00000337. The van der Waals surface area contributed by atoms with Gasteiger partial charge in [-0.15, -0.1) is 12.4 Å². The first kappa shape index (κ1) is 30.6. The first-order valence-electron chi connectivity index (χ1n) is 15.6. The Bertz CT molecular complexity index is 1160. The molecule has 3 saturated heterocycles. The van der Waals surface area contributed by atoms with Crippen LogP contribution in [0.5, 0.6) is 0 Å². The van der Waals surface area contributed by atoms with E-state index < -0.39 is 0 Å². The molecule has 41 heavy (non-hydrogen) atoms. The molecule has 2 amide bonds. The van der Waals surface area contributed by atoms with Crippen molar-refractivity contribution in [1.82, 2.24) is 14.7 Å². The monoisotopic (exact) mass is 641 g/mol. The van der Waals surface area contributed by atoms with Crippen LogP contribution in [0.3, 0.4) is 0 Å². The largest absolute Gasteiger partial charge is 0.342 e. The molecule has 3 aliphatic heterocycles. The van der Waals surface area contributed by atoms with Gasteiger partial charge >= 0.3 is 0 Å². The summed E-state index contributed by atoms with van der Waals surface area (Å²) >= 11 is 3.51. The predicted octanol–water partition coefficient (Wildman–Crippen LogP) is 6.90. The molecule has 1 saturated carbocycles. The number of halogens is 2. The number of carbonyl (C=O) groups is 2. The lowest BCUT2D eigenvalue weighted by Gasteiger charge is -2.39. The lowest BCUT2D eigenvalue weighted by molar-refractivity contribution is -0.139. The van der Waals surface area contributed by atoms with Crippen molar-refractivity contribution in [1.29, 1.82) is 0 Å². The summed E-state index contributed by atoms with van der Waals surface area (Å²) in [4.78, 5) is 33.8. The first-order chi connectivity index (χ1) is 19.5. The number of hydrogen-bond acceptors (Lipinski definition) is 3. The minimum Gasteiger partial charge on any atom is -0.342 e. The Morgan fingerprint density at radius 2 is 1.56 bits per heavy atom. The van der Waals surface area contributed by atoms with Crippen molar-refractivity contribution < 1.29 is 9.59 Å². The van der Waals surface area contributed by atoms with E-state index >= 15 is 0 Å². The highest BCUT2D eigenvalue weighted by Crippen LogP contribution is 2.43. The van der Waals surface area contributed by atoms with E-state index in [1.165, 1.54) is 43.2 Å². The summed E-state index contributed by atoms with van der Waals surface area (Å²) in [6, 6.07) is 19.2. The smallest absolute Gasteiger partial charge is 0.229 e. The average Bonchev–Trinajstić information content (AvgIpc) is 3.54. The molecule has 4 fully saturated rings. The lowest BCUT2D eigenvalue weighted by atomic mass is 9.76. The van der Waals surface area contributed by atoms with Gasteiger partial charge in [-0.3, -0.25) is 9.59 Å². The van der Waals surface area contributed by atoms with Crippen LogP contribution < -0.4 is 0 Å². The molecule has 5 nitrogen and oxygen atoms in total. The van der Waals surface area contributed by atoms with Crippen molar-refractivity contribution in [2.24, 2.45) is 17.3 Å². The second-order valence-corrected chi connectivity index (χ2v) is 13.9. The van der Waals surface area contributed by atoms with Gasteiger partial charge in [0.1, 0.15) is 0 Å². The third kappa shape index (κ3) is 7.02. The van der Waals surface area contributed by atoms with Crippen molar-refractivity contribution in [3.8, 4) is 0 Å². The highest BCUT2D eigenvalue weighted by molar-refractivity contribution is 9.10. The molecule has 1 spiro atoms. The van der Waals surface area contributed by atoms with Crippen LogP contribution in [0.1, 0.15) is 74.8 Å². The van der Waals surface area contributed by atoms with Crippen LogP contribution in [0.25, 0.3) is 0 Å². The van der Waals surface area contributed by atoms with Crippen molar-refractivity contribution >= 4 is 40.2 Å². The van der Waals surface area contributed by atoms with Crippen LogP contribution in [0.2, 0.25) is 0 Å². The predicted molar refractivity (Wildman–Crippen MR) is 170 cm³/mol. The number of amides is 2. The van der Waals surface area contributed by atoms with Crippen molar-refractivity contribution in [2.45, 2.75) is 70.3 Å². The summed E-state index contributed by atoms with van der Waals surface area (Å²) in [5, 5.41) is 0. The zero-order chi connectivity index (χ0) is 27.5. The van der Waals surface area contributed by atoms with E-state index in [0.717, 1.165) is 69.4 Å². The molecular formula is C34H45BrClN3O2. The fourth-order valence-corrected chi connectivity index (χ4v) is 8.18. The molecule has 7 heteroatoms. The molecule has 2 aromatic rings. The number of rotatable bonds is 7. The Hall–Kier alpha value is -1.89. The molecule has 0 aromatic heterocycles. The van der Waals surface area contributed by atoms with Gasteiger partial charge in [0.25, 0.3) is 0 Å².